The van der Waals surface area contributed by atoms with E-state index in [1.165, 1.54) is 6.42 Å². The van der Waals surface area contributed by atoms with E-state index < -0.39 is 0 Å². The molecule has 7 heavy (non-hydrogen) atoms. The fourth-order valence-corrected chi connectivity index (χ4v) is 0.332. The number of hydrogen-bond acceptors (Lipinski definition) is 0. The molecule has 0 nitrogen and oxygen atoms in total. The summed E-state index contributed by atoms with van der Waals surface area (Å²) in [5, 5.41) is 0. The van der Waals surface area contributed by atoms with Crippen molar-refractivity contribution < 1.29 is 17.1 Å². The molecule has 0 aromatic rings. The van der Waals surface area contributed by atoms with Crippen molar-refractivity contribution in [2.45, 2.75) is 12.8 Å². The first-order valence-corrected chi connectivity index (χ1v) is 2.06. The van der Waals surface area contributed by atoms with Gasteiger partial charge in [0.05, 0.1) is 0 Å². The first-order valence-electron chi connectivity index (χ1n) is 2.06. The van der Waals surface area contributed by atoms with Gasteiger partial charge in [-0.2, -0.15) is 0 Å². The number of hydrogen-bond donors (Lipinski definition) is 0. The summed E-state index contributed by atoms with van der Waals surface area (Å²) in [6.45, 7) is 3.72. The summed E-state index contributed by atoms with van der Waals surface area (Å²) in [6.07, 6.45) is 4.72. The van der Waals surface area contributed by atoms with E-state index in [0.717, 1.165) is 12.3 Å². The topological polar surface area (TPSA) is 0 Å². The van der Waals surface area contributed by atoms with Gasteiger partial charge in [0, 0.05) is 0 Å². The molecule has 0 N–H and O–H groups in total. The molecule has 0 spiro atoms. The predicted molar refractivity (Wildman–Crippen MR) is 28.8 cm³/mol. The second-order valence-electron chi connectivity index (χ2n) is 1.52. The normalized spacial score (nSPS) is 24.4. The molecular formula is C6H11Mn. The fraction of sp³-hybridized carbons (Fsp3) is 0.500. The minimum absolute atomic E-state index is 0. The maximum atomic E-state index is 3.72. The second kappa shape index (κ2) is 4.67. The summed E-state index contributed by atoms with van der Waals surface area (Å²) in [7, 11) is 0. The quantitative estimate of drug-likeness (QED) is 0.383. The molecule has 1 fully saturated rings. The van der Waals surface area contributed by atoms with Crippen molar-refractivity contribution in [2.75, 3.05) is 0 Å². The Balaban J connectivity index is 0. The largest absolute Gasteiger partial charge is 3.00 e. The Hall–Kier alpha value is 0.519. The minimum Gasteiger partial charge on any atom is -0.358 e. The van der Waals surface area contributed by atoms with Crippen LogP contribution in [0.15, 0.2) is 0 Å². The summed E-state index contributed by atoms with van der Waals surface area (Å²) in [5.74, 6) is 0.898. The first-order chi connectivity index (χ1) is 2.43. The van der Waals surface area contributed by atoms with Crippen LogP contribution >= 0.6 is 0 Å². The zero-order valence-corrected chi connectivity index (χ0v) is 5.83. The molecule has 0 amide bonds. The zero-order chi connectivity index (χ0) is 3.70. The van der Waals surface area contributed by atoms with Crippen LogP contribution in [0.3, 0.4) is 0 Å². The third kappa shape index (κ3) is 4.37. The van der Waals surface area contributed by atoms with Gasteiger partial charge in [-0.25, -0.2) is 18.8 Å². The van der Waals surface area contributed by atoms with Crippen LogP contribution in [0.25, 0.3) is 0 Å². The standard InChI is InChI=1S/C5H8.CH3.Mn/c1-2-5-3-4-5;;/h3,5H,1-2,4H2;1H3;/q-2;-1;+3. The van der Waals surface area contributed by atoms with Crippen LogP contribution < -0.4 is 0 Å². The van der Waals surface area contributed by atoms with Crippen LogP contribution in [0.5, 0.6) is 0 Å². The predicted octanol–water partition coefficient (Wildman–Crippen LogP) is 1.88. The molecule has 1 aliphatic carbocycles. The van der Waals surface area contributed by atoms with Crippen molar-refractivity contribution in [2.24, 2.45) is 5.92 Å². The molecule has 1 atom stereocenters. The molecule has 0 aromatic heterocycles. The van der Waals surface area contributed by atoms with Gasteiger partial charge >= 0.3 is 17.1 Å². The van der Waals surface area contributed by atoms with E-state index in [-0.39, 0.29) is 24.5 Å². The van der Waals surface area contributed by atoms with Crippen LogP contribution in [-0.2, 0) is 17.1 Å². The maximum absolute atomic E-state index is 3.72. The van der Waals surface area contributed by atoms with Gasteiger partial charge in [0.2, 0.25) is 0 Å². The average Bonchev–Trinajstić information content (AvgIpc) is 2.12. The molecule has 0 saturated heterocycles. The van der Waals surface area contributed by atoms with Crippen molar-refractivity contribution in [3.05, 3.63) is 20.8 Å². The van der Waals surface area contributed by atoms with Gasteiger partial charge < -0.3 is 20.8 Å². The van der Waals surface area contributed by atoms with Gasteiger partial charge in [-0.1, -0.05) is 0 Å². The molecule has 1 aliphatic rings. The molecule has 1 rings (SSSR count). The average molecular weight is 138 g/mol. The van der Waals surface area contributed by atoms with Crippen molar-refractivity contribution >= 4 is 0 Å². The molecule has 0 radical (unpaired) electrons. The Morgan fingerprint density at radius 1 is 1.71 bits per heavy atom. The van der Waals surface area contributed by atoms with E-state index >= 15 is 0 Å². The maximum Gasteiger partial charge on any atom is 3.00 e. The summed E-state index contributed by atoms with van der Waals surface area (Å²) >= 11 is 0. The van der Waals surface area contributed by atoms with Crippen LogP contribution in [-0.4, -0.2) is 0 Å². The summed E-state index contributed by atoms with van der Waals surface area (Å²) in [6, 6.07) is 0. The van der Waals surface area contributed by atoms with Crippen molar-refractivity contribution in [1.29, 1.82) is 0 Å². The van der Waals surface area contributed by atoms with Gasteiger partial charge in [-0.05, 0) is 0 Å². The smallest absolute Gasteiger partial charge is 0.358 e. The van der Waals surface area contributed by atoms with Gasteiger partial charge in [-0.3, -0.25) is 0 Å². The van der Waals surface area contributed by atoms with Crippen LogP contribution in [0, 0.1) is 26.7 Å². The van der Waals surface area contributed by atoms with Crippen molar-refractivity contribution in [1.82, 2.24) is 0 Å². The Morgan fingerprint density at radius 2 is 2.14 bits per heavy atom. The van der Waals surface area contributed by atoms with E-state index in [4.69, 9.17) is 0 Å². The van der Waals surface area contributed by atoms with Gasteiger partial charge in [0.25, 0.3) is 0 Å². The molecule has 1 saturated carbocycles. The summed E-state index contributed by atoms with van der Waals surface area (Å²) < 4.78 is 0. The molecule has 42 valence electrons. The van der Waals surface area contributed by atoms with Gasteiger partial charge in [-0.15, -0.1) is 0 Å². The SMILES string of the molecule is [CH2-]CC1[CH-]C1.[CH3-].[Mn+3]. The molecular weight excluding hydrogens is 127 g/mol. The van der Waals surface area contributed by atoms with Crippen LogP contribution in [0.4, 0.5) is 0 Å². The summed E-state index contributed by atoms with van der Waals surface area (Å²) in [5.41, 5.74) is 0. The van der Waals surface area contributed by atoms with Gasteiger partial charge in [0.15, 0.2) is 0 Å². The van der Waals surface area contributed by atoms with Crippen molar-refractivity contribution in [3.8, 4) is 0 Å². The zero-order valence-electron chi connectivity index (χ0n) is 4.65. The van der Waals surface area contributed by atoms with Crippen LogP contribution in [0.1, 0.15) is 12.8 Å². The van der Waals surface area contributed by atoms with E-state index in [1.54, 1.807) is 0 Å². The Morgan fingerprint density at radius 3 is 2.14 bits per heavy atom. The molecule has 1 heteroatoms. The third-order valence-corrected chi connectivity index (χ3v) is 0.940. The van der Waals surface area contributed by atoms with Crippen molar-refractivity contribution in [3.63, 3.8) is 0 Å². The summed E-state index contributed by atoms with van der Waals surface area (Å²) in [4.78, 5) is 0. The van der Waals surface area contributed by atoms with E-state index in [9.17, 15) is 0 Å². The Kier molecular flexibility index (Phi) is 7.00. The third-order valence-electron chi connectivity index (χ3n) is 0.940. The number of rotatable bonds is 1. The van der Waals surface area contributed by atoms with E-state index in [0.29, 0.717) is 0 Å². The fourth-order valence-electron chi connectivity index (χ4n) is 0.332. The first kappa shape index (κ1) is 10.5. The molecule has 0 heterocycles. The van der Waals surface area contributed by atoms with E-state index in [1.807, 2.05) is 0 Å². The molecule has 1 unspecified atom stereocenters. The van der Waals surface area contributed by atoms with Crippen LogP contribution in [0.2, 0.25) is 0 Å². The van der Waals surface area contributed by atoms with E-state index in [2.05, 4.69) is 13.3 Å². The Labute approximate surface area is 57.2 Å². The minimum atomic E-state index is 0. The monoisotopic (exact) mass is 138 g/mol. The molecule has 0 aliphatic heterocycles. The molecule has 0 aromatic carbocycles. The second-order valence-corrected chi connectivity index (χ2v) is 1.52. The van der Waals surface area contributed by atoms with Gasteiger partial charge in [0.1, 0.15) is 0 Å². The molecule has 0 bridgehead atoms. The Bertz CT molecular complexity index is 31.2.